The number of aromatic nitrogens is 2. The summed E-state index contributed by atoms with van der Waals surface area (Å²) in [6, 6.07) is 4.66. The molecule has 1 aromatic heterocycles. The van der Waals surface area contributed by atoms with Gasteiger partial charge in [-0.1, -0.05) is 0 Å². The first-order valence-corrected chi connectivity index (χ1v) is 7.96. The van der Waals surface area contributed by atoms with Crippen molar-refractivity contribution in [2.24, 2.45) is 0 Å². The highest BCUT2D eigenvalue weighted by Crippen LogP contribution is 2.28. The minimum Gasteiger partial charge on any atom is -0.496 e. The largest absolute Gasteiger partial charge is 0.496 e. The number of hydrogen-bond donors (Lipinski definition) is 1. The number of aromatic amines is 1. The molecule has 1 aromatic carbocycles. The Bertz CT molecular complexity index is 686. The van der Waals surface area contributed by atoms with E-state index in [-0.39, 0.29) is 11.4 Å². The molecule has 0 aliphatic rings. The van der Waals surface area contributed by atoms with Crippen molar-refractivity contribution in [1.82, 2.24) is 14.5 Å². The Morgan fingerprint density at radius 2 is 2.20 bits per heavy atom. The van der Waals surface area contributed by atoms with Crippen LogP contribution < -0.4 is 4.74 Å². The Morgan fingerprint density at radius 3 is 2.75 bits per heavy atom. The lowest BCUT2D eigenvalue weighted by Crippen LogP contribution is -2.26. The van der Waals surface area contributed by atoms with Crippen LogP contribution in [0.5, 0.6) is 5.75 Å². The fourth-order valence-electron chi connectivity index (χ4n) is 1.69. The van der Waals surface area contributed by atoms with Crippen molar-refractivity contribution >= 4 is 26.0 Å². The topological polar surface area (TPSA) is 75.3 Å². The maximum absolute atomic E-state index is 12.4. The second kappa shape index (κ2) is 5.94. The van der Waals surface area contributed by atoms with Gasteiger partial charge in [0.1, 0.15) is 5.75 Å². The number of ether oxygens (including phenoxy) is 1. The van der Waals surface area contributed by atoms with Gasteiger partial charge in [-0.3, -0.25) is 5.10 Å². The molecule has 1 N–H and O–H groups in total. The van der Waals surface area contributed by atoms with Gasteiger partial charge in [0, 0.05) is 25.4 Å². The second-order valence-corrected chi connectivity index (χ2v) is 7.06. The third-order valence-corrected chi connectivity index (χ3v) is 5.21. The average molecular weight is 360 g/mol. The Labute approximate surface area is 125 Å². The third-order valence-electron chi connectivity index (χ3n) is 2.79. The van der Waals surface area contributed by atoms with Gasteiger partial charge in [-0.05, 0) is 34.1 Å². The summed E-state index contributed by atoms with van der Waals surface area (Å²) in [6.07, 6.45) is 3.26. The Hall–Kier alpha value is -1.38. The van der Waals surface area contributed by atoms with E-state index in [1.54, 1.807) is 18.5 Å². The minimum absolute atomic E-state index is 0.205. The van der Waals surface area contributed by atoms with E-state index in [1.807, 2.05) is 0 Å². The van der Waals surface area contributed by atoms with Crippen LogP contribution in [0.4, 0.5) is 0 Å². The van der Waals surface area contributed by atoms with Crippen molar-refractivity contribution in [3.8, 4) is 5.75 Å². The lowest BCUT2D eigenvalue weighted by molar-refractivity contribution is 0.411. The molecule has 8 heteroatoms. The van der Waals surface area contributed by atoms with Crippen LogP contribution in [0.2, 0.25) is 0 Å². The highest BCUT2D eigenvalue weighted by atomic mass is 79.9. The average Bonchev–Trinajstić information content (AvgIpc) is 2.91. The molecule has 0 spiro atoms. The Kier molecular flexibility index (Phi) is 4.46. The standard InChI is InChI=1S/C12H14BrN3O3S/c1-16(8-9-6-14-15-7-9)20(17,18)10-3-4-12(19-2)11(13)5-10/h3-7H,8H2,1-2H3,(H,14,15). The fourth-order valence-corrected chi connectivity index (χ4v) is 3.57. The molecule has 2 rings (SSSR count). The molecule has 0 atom stereocenters. The first-order chi connectivity index (χ1) is 9.45. The van der Waals surface area contributed by atoms with Crippen LogP contribution in [0.3, 0.4) is 0 Å². The van der Waals surface area contributed by atoms with Crippen molar-refractivity contribution < 1.29 is 13.2 Å². The van der Waals surface area contributed by atoms with Gasteiger partial charge in [-0.15, -0.1) is 0 Å². The summed E-state index contributed by atoms with van der Waals surface area (Å²) in [5.41, 5.74) is 0.795. The summed E-state index contributed by atoms with van der Waals surface area (Å²) >= 11 is 3.29. The number of rotatable bonds is 5. The van der Waals surface area contributed by atoms with Crippen LogP contribution >= 0.6 is 15.9 Å². The highest BCUT2D eigenvalue weighted by molar-refractivity contribution is 9.10. The number of sulfonamides is 1. The molecule has 0 unspecified atom stereocenters. The van der Waals surface area contributed by atoms with Crippen LogP contribution in [-0.2, 0) is 16.6 Å². The predicted octanol–water partition coefficient (Wildman–Crippen LogP) is 2.00. The highest BCUT2D eigenvalue weighted by Gasteiger charge is 2.22. The number of methoxy groups -OCH3 is 1. The summed E-state index contributed by atoms with van der Waals surface area (Å²) in [4.78, 5) is 0.205. The summed E-state index contributed by atoms with van der Waals surface area (Å²) in [5.74, 6) is 0.585. The molecule has 0 fully saturated rings. The van der Waals surface area contributed by atoms with E-state index in [0.717, 1.165) is 5.56 Å². The quantitative estimate of drug-likeness (QED) is 0.885. The van der Waals surface area contributed by atoms with Crippen molar-refractivity contribution in [2.45, 2.75) is 11.4 Å². The molecule has 1 heterocycles. The van der Waals surface area contributed by atoms with E-state index in [2.05, 4.69) is 26.1 Å². The van der Waals surface area contributed by atoms with Gasteiger partial charge >= 0.3 is 0 Å². The van der Waals surface area contributed by atoms with Gasteiger partial charge in [0.2, 0.25) is 10.0 Å². The molecule has 0 aliphatic heterocycles. The maximum atomic E-state index is 12.4. The third kappa shape index (κ3) is 3.02. The summed E-state index contributed by atoms with van der Waals surface area (Å²) in [7, 11) is -0.501. The predicted molar refractivity (Wildman–Crippen MR) is 77.9 cm³/mol. The number of benzene rings is 1. The normalized spacial score (nSPS) is 11.8. The molecule has 0 radical (unpaired) electrons. The van der Waals surface area contributed by atoms with E-state index in [0.29, 0.717) is 10.2 Å². The zero-order valence-electron chi connectivity index (χ0n) is 11.0. The van der Waals surface area contributed by atoms with Crippen molar-refractivity contribution in [1.29, 1.82) is 0 Å². The summed E-state index contributed by atoms with van der Waals surface area (Å²) < 4.78 is 31.8. The molecule has 6 nitrogen and oxygen atoms in total. The first-order valence-electron chi connectivity index (χ1n) is 5.72. The van der Waals surface area contributed by atoms with Crippen LogP contribution in [0.25, 0.3) is 0 Å². The number of hydrogen-bond acceptors (Lipinski definition) is 4. The lowest BCUT2D eigenvalue weighted by Gasteiger charge is -2.17. The second-order valence-electron chi connectivity index (χ2n) is 4.16. The Morgan fingerprint density at radius 1 is 1.45 bits per heavy atom. The monoisotopic (exact) mass is 359 g/mol. The smallest absolute Gasteiger partial charge is 0.243 e. The maximum Gasteiger partial charge on any atom is 0.243 e. The number of nitrogens with zero attached hydrogens (tertiary/aromatic N) is 2. The fraction of sp³-hybridized carbons (Fsp3) is 0.250. The summed E-state index contributed by atoms with van der Waals surface area (Å²) in [5, 5.41) is 6.45. The van der Waals surface area contributed by atoms with E-state index >= 15 is 0 Å². The zero-order valence-corrected chi connectivity index (χ0v) is 13.4. The first kappa shape index (κ1) is 15.0. The van der Waals surface area contributed by atoms with E-state index in [4.69, 9.17) is 4.74 Å². The van der Waals surface area contributed by atoms with Crippen molar-refractivity contribution in [3.63, 3.8) is 0 Å². The van der Waals surface area contributed by atoms with E-state index in [9.17, 15) is 8.42 Å². The molecular formula is C12H14BrN3O3S. The van der Waals surface area contributed by atoms with Crippen molar-refractivity contribution in [3.05, 3.63) is 40.6 Å². The van der Waals surface area contributed by atoms with Crippen LogP contribution in [0.15, 0.2) is 40.0 Å². The van der Waals surface area contributed by atoms with Gasteiger partial charge in [0.05, 0.1) is 22.7 Å². The molecule has 0 aliphatic carbocycles. The molecule has 0 saturated heterocycles. The number of nitrogens with one attached hydrogen (secondary N) is 1. The molecule has 0 saturated carbocycles. The van der Waals surface area contributed by atoms with Crippen molar-refractivity contribution in [2.75, 3.05) is 14.2 Å². The molecule has 0 amide bonds. The van der Waals surface area contributed by atoms with Gasteiger partial charge in [-0.2, -0.15) is 9.40 Å². The molecule has 108 valence electrons. The number of H-pyrrole nitrogens is 1. The minimum atomic E-state index is -3.56. The SMILES string of the molecule is COc1ccc(S(=O)(=O)N(C)Cc2cn[nH]c2)cc1Br. The van der Waals surface area contributed by atoms with Crippen LogP contribution in [0.1, 0.15) is 5.56 Å². The van der Waals surface area contributed by atoms with Gasteiger partial charge in [0.25, 0.3) is 0 Å². The van der Waals surface area contributed by atoms with Gasteiger partial charge in [-0.25, -0.2) is 8.42 Å². The van der Waals surface area contributed by atoms with E-state index in [1.165, 1.54) is 30.6 Å². The van der Waals surface area contributed by atoms with Crippen LogP contribution in [-0.4, -0.2) is 37.1 Å². The molecular weight excluding hydrogens is 346 g/mol. The van der Waals surface area contributed by atoms with Gasteiger partial charge < -0.3 is 4.74 Å². The molecule has 0 bridgehead atoms. The molecule has 2 aromatic rings. The summed E-state index contributed by atoms with van der Waals surface area (Å²) in [6.45, 7) is 0.252. The molecule has 20 heavy (non-hydrogen) atoms. The Balaban J connectivity index is 2.27. The van der Waals surface area contributed by atoms with E-state index < -0.39 is 10.0 Å². The zero-order chi connectivity index (χ0) is 14.8. The lowest BCUT2D eigenvalue weighted by atomic mass is 10.3. The van der Waals surface area contributed by atoms with Gasteiger partial charge in [0.15, 0.2) is 0 Å². The number of halogens is 1. The van der Waals surface area contributed by atoms with Crippen LogP contribution in [0, 0.1) is 0 Å².